The number of carbonyl (C=O) groups excluding carboxylic acids is 1. The molecule has 2 heterocycles. The maximum absolute atomic E-state index is 11.5. The van der Waals surface area contributed by atoms with Crippen molar-refractivity contribution in [2.45, 2.75) is 25.4 Å². The van der Waals surface area contributed by atoms with Gasteiger partial charge in [0.2, 0.25) is 11.9 Å². The number of aromatic nitrogens is 3. The molecule has 2 atom stereocenters. The van der Waals surface area contributed by atoms with Gasteiger partial charge in [0.25, 0.3) is 5.91 Å². The first-order valence-corrected chi connectivity index (χ1v) is 7.58. The molecule has 0 aliphatic carbocycles. The normalized spacial score (nSPS) is 20.3. The summed E-state index contributed by atoms with van der Waals surface area (Å²) in [6.45, 7) is 1.38. The Balaban J connectivity index is 1.76. The molecule has 2 aromatic rings. The molecule has 0 bridgehead atoms. The summed E-state index contributed by atoms with van der Waals surface area (Å²) in [6.07, 6.45) is 1.78. The monoisotopic (exact) mass is 314 g/mol. The summed E-state index contributed by atoms with van der Waals surface area (Å²) < 4.78 is 0. The second-order valence-electron chi connectivity index (χ2n) is 5.61. The highest BCUT2D eigenvalue weighted by molar-refractivity contribution is 5.78. The van der Waals surface area contributed by atoms with Crippen LogP contribution in [0.4, 0.5) is 17.6 Å². The Hall–Kier alpha value is -2.74. The number of rotatable bonds is 5. The Morgan fingerprint density at radius 1 is 1.26 bits per heavy atom. The van der Waals surface area contributed by atoms with E-state index in [0.717, 1.165) is 30.0 Å². The van der Waals surface area contributed by atoms with Crippen LogP contribution >= 0.6 is 0 Å². The molecule has 1 fully saturated rings. The Kier molecular flexibility index (Phi) is 4.33. The van der Waals surface area contributed by atoms with Gasteiger partial charge >= 0.3 is 0 Å². The van der Waals surface area contributed by atoms with Crippen LogP contribution in [-0.2, 0) is 11.3 Å². The van der Waals surface area contributed by atoms with Crippen molar-refractivity contribution in [3.63, 3.8) is 0 Å². The number of likely N-dealkylation sites (tertiary alicyclic amines) is 1. The SMILES string of the molecule is NC(=O)[C@@H]1CCC[NH+]1Cc1nc(N)nc(Nc2ccccc2)n1. The maximum Gasteiger partial charge on any atom is 0.275 e. The number of nitrogens with one attached hydrogen (secondary N) is 2. The number of hydrogen-bond donors (Lipinski definition) is 4. The van der Waals surface area contributed by atoms with Crippen molar-refractivity contribution in [3.8, 4) is 0 Å². The average Bonchev–Trinajstić information content (AvgIpc) is 2.96. The Bertz CT molecular complexity index is 691. The number of para-hydroxylation sites is 1. The summed E-state index contributed by atoms with van der Waals surface area (Å²) in [5.74, 6) is 0.830. The van der Waals surface area contributed by atoms with E-state index in [1.165, 1.54) is 0 Å². The lowest BCUT2D eigenvalue weighted by Gasteiger charge is -2.18. The van der Waals surface area contributed by atoms with Crippen LogP contribution in [0.25, 0.3) is 0 Å². The first-order valence-electron chi connectivity index (χ1n) is 7.58. The highest BCUT2D eigenvalue weighted by Crippen LogP contribution is 2.12. The van der Waals surface area contributed by atoms with Gasteiger partial charge in [-0.15, -0.1) is 0 Å². The molecule has 1 aliphatic heterocycles. The van der Waals surface area contributed by atoms with Crippen LogP contribution in [0, 0.1) is 0 Å². The summed E-state index contributed by atoms with van der Waals surface area (Å²) in [5, 5.41) is 3.10. The van der Waals surface area contributed by atoms with Crippen LogP contribution in [0.1, 0.15) is 18.7 Å². The molecule has 0 saturated carbocycles. The minimum Gasteiger partial charge on any atom is -0.368 e. The highest BCUT2D eigenvalue weighted by Gasteiger charge is 2.33. The number of anilines is 3. The second kappa shape index (κ2) is 6.57. The summed E-state index contributed by atoms with van der Waals surface area (Å²) >= 11 is 0. The van der Waals surface area contributed by atoms with Gasteiger partial charge in [-0.2, -0.15) is 15.0 Å². The molecule has 3 rings (SSSR count). The fourth-order valence-electron chi connectivity index (χ4n) is 2.89. The average molecular weight is 314 g/mol. The maximum atomic E-state index is 11.5. The quantitative estimate of drug-likeness (QED) is 0.574. The molecule has 6 N–H and O–H groups in total. The van der Waals surface area contributed by atoms with Crippen molar-refractivity contribution in [2.24, 2.45) is 5.73 Å². The van der Waals surface area contributed by atoms with E-state index in [2.05, 4.69) is 20.3 Å². The lowest BCUT2D eigenvalue weighted by molar-refractivity contribution is -0.917. The summed E-state index contributed by atoms with van der Waals surface area (Å²) in [6, 6.07) is 9.40. The predicted octanol–water partition coefficient (Wildman–Crippen LogP) is -0.770. The molecule has 1 aromatic carbocycles. The Morgan fingerprint density at radius 2 is 2.04 bits per heavy atom. The number of nitrogens with two attached hydrogens (primary N) is 2. The number of nitrogen functional groups attached to an aromatic ring is 1. The van der Waals surface area contributed by atoms with E-state index < -0.39 is 0 Å². The van der Waals surface area contributed by atoms with Gasteiger partial charge in [-0.1, -0.05) is 18.2 Å². The molecule has 8 nitrogen and oxygen atoms in total. The Morgan fingerprint density at radius 3 is 2.78 bits per heavy atom. The van der Waals surface area contributed by atoms with E-state index in [1.807, 2.05) is 30.3 Å². The van der Waals surface area contributed by atoms with Crippen molar-refractivity contribution >= 4 is 23.5 Å². The topological polar surface area (TPSA) is 124 Å². The number of hydrogen-bond acceptors (Lipinski definition) is 6. The van der Waals surface area contributed by atoms with Gasteiger partial charge in [0.1, 0.15) is 6.54 Å². The third-order valence-electron chi connectivity index (χ3n) is 3.94. The van der Waals surface area contributed by atoms with Crippen LogP contribution in [0.5, 0.6) is 0 Å². The van der Waals surface area contributed by atoms with E-state index >= 15 is 0 Å². The summed E-state index contributed by atoms with van der Waals surface area (Å²) in [7, 11) is 0. The van der Waals surface area contributed by atoms with Gasteiger partial charge in [-0.05, 0) is 12.1 Å². The first kappa shape index (κ1) is 15.2. The minimum absolute atomic E-state index is 0.155. The van der Waals surface area contributed by atoms with Gasteiger partial charge in [0.05, 0.1) is 6.54 Å². The van der Waals surface area contributed by atoms with Crippen molar-refractivity contribution in [2.75, 3.05) is 17.6 Å². The van der Waals surface area contributed by atoms with Crippen LogP contribution in [-0.4, -0.2) is 33.4 Å². The fourth-order valence-corrected chi connectivity index (χ4v) is 2.89. The summed E-state index contributed by atoms with van der Waals surface area (Å²) in [5.41, 5.74) is 12.1. The molecule has 1 saturated heterocycles. The third-order valence-corrected chi connectivity index (χ3v) is 3.94. The molecule has 1 amide bonds. The summed E-state index contributed by atoms with van der Waals surface area (Å²) in [4.78, 5) is 25.2. The van der Waals surface area contributed by atoms with Gasteiger partial charge in [0, 0.05) is 18.5 Å². The number of nitrogens with zero attached hydrogens (tertiary/aromatic N) is 3. The van der Waals surface area contributed by atoms with Gasteiger partial charge in [-0.25, -0.2) is 0 Å². The molecule has 1 aromatic heterocycles. The number of quaternary nitrogens is 1. The lowest BCUT2D eigenvalue weighted by Crippen LogP contribution is -3.13. The largest absolute Gasteiger partial charge is 0.368 e. The zero-order valence-corrected chi connectivity index (χ0v) is 12.7. The number of primary amides is 1. The Labute approximate surface area is 133 Å². The molecule has 1 aliphatic rings. The molecule has 0 spiro atoms. The van der Waals surface area contributed by atoms with Crippen LogP contribution in [0.3, 0.4) is 0 Å². The predicted molar refractivity (Wildman–Crippen MR) is 85.7 cm³/mol. The van der Waals surface area contributed by atoms with Gasteiger partial charge in [-0.3, -0.25) is 4.79 Å². The van der Waals surface area contributed by atoms with E-state index in [4.69, 9.17) is 11.5 Å². The first-order chi connectivity index (χ1) is 11.1. The van der Waals surface area contributed by atoms with E-state index in [-0.39, 0.29) is 17.9 Å². The van der Waals surface area contributed by atoms with Gasteiger partial charge in [0.15, 0.2) is 11.9 Å². The van der Waals surface area contributed by atoms with E-state index in [9.17, 15) is 4.79 Å². The molecular formula is C15H20N7O+. The molecule has 23 heavy (non-hydrogen) atoms. The van der Waals surface area contributed by atoms with Gasteiger partial charge < -0.3 is 21.7 Å². The number of amides is 1. The van der Waals surface area contributed by atoms with Crippen LogP contribution in [0.2, 0.25) is 0 Å². The number of benzene rings is 1. The van der Waals surface area contributed by atoms with Crippen molar-refractivity contribution in [1.82, 2.24) is 15.0 Å². The zero-order valence-electron chi connectivity index (χ0n) is 12.7. The lowest BCUT2D eigenvalue weighted by atomic mass is 10.2. The second-order valence-corrected chi connectivity index (χ2v) is 5.61. The highest BCUT2D eigenvalue weighted by atomic mass is 16.1. The van der Waals surface area contributed by atoms with Crippen molar-refractivity contribution in [3.05, 3.63) is 36.2 Å². The number of carbonyl (C=O) groups is 1. The van der Waals surface area contributed by atoms with Crippen molar-refractivity contribution in [1.29, 1.82) is 0 Å². The molecule has 120 valence electrons. The van der Waals surface area contributed by atoms with E-state index in [1.54, 1.807) is 0 Å². The zero-order chi connectivity index (χ0) is 16.2. The molecule has 8 heteroatoms. The fraction of sp³-hybridized carbons (Fsp3) is 0.333. The van der Waals surface area contributed by atoms with Crippen LogP contribution < -0.4 is 21.7 Å². The minimum atomic E-state index is -0.276. The smallest absolute Gasteiger partial charge is 0.275 e. The van der Waals surface area contributed by atoms with E-state index in [0.29, 0.717) is 18.3 Å². The molecule has 0 radical (unpaired) electrons. The standard InChI is InChI=1S/C15H19N7O/c16-13(23)11-7-4-8-22(11)9-12-19-14(17)21-15(20-12)18-10-5-2-1-3-6-10/h1-3,5-6,11H,4,7-9H2,(H2,16,23)(H3,17,18,19,20,21)/p+1/t11-/m0/s1. The molecular weight excluding hydrogens is 294 g/mol. The third kappa shape index (κ3) is 3.72. The van der Waals surface area contributed by atoms with Crippen molar-refractivity contribution < 1.29 is 9.69 Å². The van der Waals surface area contributed by atoms with Crippen LogP contribution in [0.15, 0.2) is 30.3 Å². The molecule has 1 unspecified atom stereocenters.